The minimum absolute atomic E-state index is 0.536. The zero-order valence-electron chi connectivity index (χ0n) is 9.34. The predicted octanol–water partition coefficient (Wildman–Crippen LogP) is 3.19. The van der Waals surface area contributed by atoms with Crippen molar-refractivity contribution in [3.8, 4) is 22.5 Å². The summed E-state index contributed by atoms with van der Waals surface area (Å²) < 4.78 is 0. The molecule has 0 unspecified atom stereocenters. The molecule has 0 saturated carbocycles. The van der Waals surface area contributed by atoms with Crippen LogP contribution in [-0.4, -0.2) is 20.2 Å². The monoisotopic (exact) mass is 256 g/mol. The number of hydrogen-bond donors (Lipinski definition) is 1. The van der Waals surface area contributed by atoms with Crippen molar-refractivity contribution in [1.29, 1.82) is 0 Å². The second-order valence-corrected chi connectivity index (χ2v) is 4.23. The Kier molecular flexibility index (Phi) is 2.78. The predicted molar refractivity (Wildman–Crippen MR) is 70.1 cm³/mol. The standard InChI is InChI=1S/C13H9ClN4/c14-12-7-15-13(16-8-12)10-3-1-9(2-4-10)11-5-17-18-6-11/h1-8H,(H,17,18). The van der Waals surface area contributed by atoms with Crippen LogP contribution in [0.5, 0.6) is 0 Å². The Bertz CT molecular complexity index is 630. The van der Waals surface area contributed by atoms with Crippen LogP contribution in [0.3, 0.4) is 0 Å². The molecule has 1 aromatic carbocycles. The zero-order chi connectivity index (χ0) is 12.4. The van der Waals surface area contributed by atoms with Gasteiger partial charge in [0.25, 0.3) is 0 Å². The van der Waals surface area contributed by atoms with Crippen molar-refractivity contribution in [3.05, 3.63) is 54.1 Å². The van der Waals surface area contributed by atoms with Crippen molar-refractivity contribution in [2.24, 2.45) is 0 Å². The van der Waals surface area contributed by atoms with Crippen LogP contribution in [0.25, 0.3) is 22.5 Å². The van der Waals surface area contributed by atoms with Crippen LogP contribution in [0.15, 0.2) is 49.1 Å². The average molecular weight is 257 g/mol. The molecule has 0 bridgehead atoms. The van der Waals surface area contributed by atoms with Crippen LogP contribution in [-0.2, 0) is 0 Å². The molecule has 0 fully saturated rings. The third-order valence-electron chi connectivity index (χ3n) is 2.59. The molecule has 88 valence electrons. The molecular formula is C13H9ClN4. The maximum atomic E-state index is 5.76. The third-order valence-corrected chi connectivity index (χ3v) is 2.79. The SMILES string of the molecule is Clc1cnc(-c2ccc(-c3cn[nH]c3)cc2)nc1. The van der Waals surface area contributed by atoms with Crippen molar-refractivity contribution in [3.63, 3.8) is 0 Å². The molecular weight excluding hydrogens is 248 g/mol. The number of H-pyrrole nitrogens is 1. The molecule has 0 aliphatic carbocycles. The molecule has 0 spiro atoms. The highest BCUT2D eigenvalue weighted by molar-refractivity contribution is 6.30. The van der Waals surface area contributed by atoms with E-state index >= 15 is 0 Å². The van der Waals surface area contributed by atoms with Crippen molar-refractivity contribution < 1.29 is 0 Å². The molecule has 2 heterocycles. The fourth-order valence-electron chi connectivity index (χ4n) is 1.68. The molecule has 1 N–H and O–H groups in total. The van der Waals surface area contributed by atoms with Gasteiger partial charge in [0.05, 0.1) is 11.2 Å². The number of aromatic amines is 1. The normalized spacial score (nSPS) is 10.5. The van der Waals surface area contributed by atoms with Gasteiger partial charge in [-0.05, 0) is 5.56 Å². The maximum Gasteiger partial charge on any atom is 0.159 e. The lowest BCUT2D eigenvalue weighted by molar-refractivity contribution is 1.09. The second kappa shape index (κ2) is 4.58. The number of hydrogen-bond acceptors (Lipinski definition) is 3. The zero-order valence-corrected chi connectivity index (χ0v) is 10.1. The van der Waals surface area contributed by atoms with Crippen molar-refractivity contribution >= 4 is 11.6 Å². The smallest absolute Gasteiger partial charge is 0.159 e. The number of halogens is 1. The lowest BCUT2D eigenvalue weighted by Gasteiger charge is -2.01. The highest BCUT2D eigenvalue weighted by Crippen LogP contribution is 2.22. The molecule has 0 amide bonds. The fourth-order valence-corrected chi connectivity index (χ4v) is 1.78. The summed E-state index contributed by atoms with van der Waals surface area (Å²) in [5.41, 5.74) is 3.11. The van der Waals surface area contributed by atoms with E-state index in [1.54, 1.807) is 18.6 Å². The summed E-state index contributed by atoms with van der Waals surface area (Å²) in [7, 11) is 0. The van der Waals surface area contributed by atoms with Crippen LogP contribution >= 0.6 is 11.6 Å². The summed E-state index contributed by atoms with van der Waals surface area (Å²) in [4.78, 5) is 8.36. The van der Waals surface area contributed by atoms with Gasteiger partial charge in [-0.1, -0.05) is 35.9 Å². The summed E-state index contributed by atoms with van der Waals surface area (Å²) in [5, 5.41) is 7.25. The van der Waals surface area contributed by atoms with E-state index < -0.39 is 0 Å². The second-order valence-electron chi connectivity index (χ2n) is 3.79. The minimum atomic E-state index is 0.536. The van der Waals surface area contributed by atoms with Crippen LogP contribution in [0, 0.1) is 0 Å². The van der Waals surface area contributed by atoms with Gasteiger partial charge in [0.2, 0.25) is 0 Å². The lowest BCUT2D eigenvalue weighted by Crippen LogP contribution is -1.87. The number of nitrogens with one attached hydrogen (secondary N) is 1. The summed E-state index contributed by atoms with van der Waals surface area (Å²) >= 11 is 5.76. The van der Waals surface area contributed by atoms with E-state index in [1.165, 1.54) is 0 Å². The van der Waals surface area contributed by atoms with Crippen LogP contribution in [0.4, 0.5) is 0 Å². The molecule has 0 atom stereocenters. The Labute approximate surface area is 109 Å². The molecule has 3 rings (SSSR count). The Balaban J connectivity index is 1.94. The van der Waals surface area contributed by atoms with Gasteiger partial charge in [0, 0.05) is 29.7 Å². The molecule has 0 aliphatic rings. The Morgan fingerprint density at radius 1 is 0.833 bits per heavy atom. The van der Waals surface area contributed by atoms with Gasteiger partial charge in [-0.25, -0.2) is 9.97 Å². The Hall–Kier alpha value is -2.20. The fraction of sp³-hybridized carbons (Fsp3) is 0. The molecule has 3 aromatic rings. The molecule has 5 heteroatoms. The number of aromatic nitrogens is 4. The first kappa shape index (κ1) is 10.9. The summed E-state index contributed by atoms with van der Waals surface area (Å²) in [6, 6.07) is 7.98. The minimum Gasteiger partial charge on any atom is -0.285 e. The van der Waals surface area contributed by atoms with E-state index in [0.29, 0.717) is 10.8 Å². The van der Waals surface area contributed by atoms with E-state index in [1.807, 2.05) is 30.5 Å². The molecule has 2 aromatic heterocycles. The van der Waals surface area contributed by atoms with Gasteiger partial charge < -0.3 is 0 Å². The highest BCUT2D eigenvalue weighted by Gasteiger charge is 2.02. The first-order valence-corrected chi connectivity index (χ1v) is 5.78. The van der Waals surface area contributed by atoms with E-state index in [0.717, 1.165) is 16.7 Å². The van der Waals surface area contributed by atoms with Gasteiger partial charge in [-0.3, -0.25) is 5.10 Å². The van der Waals surface area contributed by atoms with E-state index in [2.05, 4.69) is 20.2 Å². The maximum absolute atomic E-state index is 5.76. The number of benzene rings is 1. The van der Waals surface area contributed by atoms with Crippen LogP contribution in [0.1, 0.15) is 0 Å². The highest BCUT2D eigenvalue weighted by atomic mass is 35.5. The first-order chi connectivity index (χ1) is 8.83. The van der Waals surface area contributed by atoms with Gasteiger partial charge in [0.15, 0.2) is 5.82 Å². The molecule has 4 nitrogen and oxygen atoms in total. The molecule has 18 heavy (non-hydrogen) atoms. The van der Waals surface area contributed by atoms with Gasteiger partial charge >= 0.3 is 0 Å². The Morgan fingerprint density at radius 3 is 2.11 bits per heavy atom. The number of nitrogens with zero attached hydrogens (tertiary/aromatic N) is 3. The summed E-state index contributed by atoms with van der Waals surface area (Å²) in [6.07, 6.45) is 6.82. The lowest BCUT2D eigenvalue weighted by atomic mass is 10.1. The van der Waals surface area contributed by atoms with E-state index in [9.17, 15) is 0 Å². The Morgan fingerprint density at radius 2 is 1.50 bits per heavy atom. The van der Waals surface area contributed by atoms with Crippen LogP contribution < -0.4 is 0 Å². The number of rotatable bonds is 2. The van der Waals surface area contributed by atoms with Gasteiger partial charge in [0.1, 0.15) is 0 Å². The van der Waals surface area contributed by atoms with Crippen molar-refractivity contribution in [2.75, 3.05) is 0 Å². The van der Waals surface area contributed by atoms with Crippen LogP contribution in [0.2, 0.25) is 5.02 Å². The topological polar surface area (TPSA) is 54.5 Å². The quantitative estimate of drug-likeness (QED) is 0.766. The van der Waals surface area contributed by atoms with E-state index in [4.69, 9.17) is 11.6 Å². The van der Waals surface area contributed by atoms with E-state index in [-0.39, 0.29) is 0 Å². The largest absolute Gasteiger partial charge is 0.285 e. The van der Waals surface area contributed by atoms with Gasteiger partial charge in [-0.2, -0.15) is 5.10 Å². The molecule has 0 radical (unpaired) electrons. The first-order valence-electron chi connectivity index (χ1n) is 5.40. The van der Waals surface area contributed by atoms with Crippen molar-refractivity contribution in [2.45, 2.75) is 0 Å². The molecule has 0 saturated heterocycles. The molecule has 0 aliphatic heterocycles. The van der Waals surface area contributed by atoms with Gasteiger partial charge in [-0.15, -0.1) is 0 Å². The summed E-state index contributed by atoms with van der Waals surface area (Å²) in [6.45, 7) is 0. The average Bonchev–Trinajstić information content (AvgIpc) is 2.94. The third kappa shape index (κ3) is 2.10. The van der Waals surface area contributed by atoms with Crippen molar-refractivity contribution in [1.82, 2.24) is 20.2 Å². The summed E-state index contributed by atoms with van der Waals surface area (Å²) in [5.74, 6) is 0.665.